The van der Waals surface area contributed by atoms with Gasteiger partial charge in [-0.05, 0) is 36.8 Å². The molecule has 0 unspecified atom stereocenters. The van der Waals surface area contributed by atoms with Gasteiger partial charge in [0.1, 0.15) is 11.4 Å². The Morgan fingerprint density at radius 3 is 2.17 bits per heavy atom. The van der Waals surface area contributed by atoms with E-state index in [4.69, 9.17) is 4.74 Å². The van der Waals surface area contributed by atoms with Crippen molar-refractivity contribution in [3.05, 3.63) is 95.7 Å². The molecule has 0 fully saturated rings. The number of nitrogens with zero attached hydrogens (tertiary/aromatic N) is 1. The summed E-state index contributed by atoms with van der Waals surface area (Å²) in [5, 5.41) is 3.15. The molecule has 3 aromatic rings. The van der Waals surface area contributed by atoms with Crippen LogP contribution in [0.25, 0.3) is 5.57 Å². The molecule has 1 N–H and O–H groups in total. The lowest BCUT2D eigenvalue weighted by Gasteiger charge is -2.17. The highest BCUT2D eigenvalue weighted by molar-refractivity contribution is 6.46. The number of ether oxygens (including phenoxy) is 1. The number of rotatable bonds is 5. The molecule has 0 aromatic heterocycles. The zero-order valence-corrected chi connectivity index (χ0v) is 16.2. The molecule has 3 aromatic carbocycles. The Labute approximate surface area is 169 Å². The number of amides is 2. The number of methoxy groups -OCH3 is 1. The molecule has 0 aliphatic carbocycles. The Kier molecular flexibility index (Phi) is 4.87. The number of hydrogen-bond acceptors (Lipinski definition) is 4. The second-order valence-corrected chi connectivity index (χ2v) is 6.67. The van der Waals surface area contributed by atoms with Crippen molar-refractivity contribution in [1.29, 1.82) is 0 Å². The minimum atomic E-state index is -0.394. The average Bonchev–Trinajstić information content (AvgIpc) is 2.99. The molecule has 0 radical (unpaired) electrons. The van der Waals surface area contributed by atoms with E-state index in [1.165, 1.54) is 4.90 Å². The van der Waals surface area contributed by atoms with Crippen molar-refractivity contribution in [2.24, 2.45) is 0 Å². The van der Waals surface area contributed by atoms with Gasteiger partial charge in [0.2, 0.25) is 0 Å². The van der Waals surface area contributed by atoms with Crippen LogP contribution in [0.2, 0.25) is 0 Å². The minimum Gasteiger partial charge on any atom is -0.496 e. The Morgan fingerprint density at radius 2 is 1.45 bits per heavy atom. The van der Waals surface area contributed by atoms with Crippen LogP contribution in [-0.2, 0) is 9.59 Å². The first-order valence-corrected chi connectivity index (χ1v) is 9.26. The quantitative estimate of drug-likeness (QED) is 0.663. The highest BCUT2D eigenvalue weighted by Gasteiger charge is 2.41. The average molecular weight is 384 g/mol. The molecule has 0 saturated heterocycles. The number of anilines is 2. The van der Waals surface area contributed by atoms with Gasteiger partial charge in [0.05, 0.1) is 18.4 Å². The first-order valence-electron chi connectivity index (χ1n) is 9.26. The van der Waals surface area contributed by atoms with Crippen molar-refractivity contribution < 1.29 is 14.3 Å². The fourth-order valence-electron chi connectivity index (χ4n) is 3.45. The summed E-state index contributed by atoms with van der Waals surface area (Å²) in [5.74, 6) is -0.246. The van der Waals surface area contributed by atoms with Gasteiger partial charge in [-0.3, -0.25) is 9.59 Å². The molecular weight excluding hydrogens is 364 g/mol. The maximum Gasteiger partial charge on any atom is 0.282 e. The first-order chi connectivity index (χ1) is 14.1. The predicted molar refractivity (Wildman–Crippen MR) is 114 cm³/mol. The molecule has 0 bridgehead atoms. The van der Waals surface area contributed by atoms with Gasteiger partial charge in [-0.2, -0.15) is 0 Å². The first kappa shape index (κ1) is 18.5. The number of carbonyl (C=O) groups is 2. The number of carbonyl (C=O) groups excluding carboxylic acids is 2. The molecule has 5 nitrogen and oxygen atoms in total. The van der Waals surface area contributed by atoms with Crippen LogP contribution in [0.3, 0.4) is 0 Å². The van der Waals surface area contributed by atoms with Crippen LogP contribution >= 0.6 is 0 Å². The van der Waals surface area contributed by atoms with Gasteiger partial charge in [-0.15, -0.1) is 0 Å². The summed E-state index contributed by atoms with van der Waals surface area (Å²) in [4.78, 5) is 28.1. The van der Waals surface area contributed by atoms with E-state index in [9.17, 15) is 9.59 Å². The van der Waals surface area contributed by atoms with Crippen LogP contribution in [0.4, 0.5) is 11.4 Å². The van der Waals surface area contributed by atoms with E-state index in [2.05, 4.69) is 5.32 Å². The third kappa shape index (κ3) is 3.27. The van der Waals surface area contributed by atoms with Crippen molar-refractivity contribution in [3.63, 3.8) is 0 Å². The topological polar surface area (TPSA) is 58.6 Å². The van der Waals surface area contributed by atoms with E-state index in [1.807, 2.05) is 67.6 Å². The summed E-state index contributed by atoms with van der Waals surface area (Å²) in [6.45, 7) is 1.88. The van der Waals surface area contributed by atoms with Gasteiger partial charge in [0.25, 0.3) is 11.8 Å². The van der Waals surface area contributed by atoms with E-state index >= 15 is 0 Å². The summed E-state index contributed by atoms with van der Waals surface area (Å²) in [7, 11) is 1.55. The highest BCUT2D eigenvalue weighted by atomic mass is 16.5. The number of hydrogen-bond donors (Lipinski definition) is 1. The van der Waals surface area contributed by atoms with E-state index in [0.717, 1.165) is 11.3 Å². The second kappa shape index (κ2) is 7.64. The molecule has 5 heteroatoms. The number of nitrogens with one attached hydrogen (secondary N) is 1. The maximum atomic E-state index is 13.5. The summed E-state index contributed by atoms with van der Waals surface area (Å²) in [6, 6.07) is 23.9. The lowest BCUT2D eigenvalue weighted by molar-refractivity contribution is -0.120. The van der Waals surface area contributed by atoms with Gasteiger partial charge in [0.15, 0.2) is 0 Å². The fourth-order valence-corrected chi connectivity index (χ4v) is 3.45. The molecular formula is C24H20N2O3. The Bertz CT molecular complexity index is 1120. The van der Waals surface area contributed by atoms with Crippen LogP contribution in [-0.4, -0.2) is 18.9 Å². The molecule has 0 spiro atoms. The van der Waals surface area contributed by atoms with Crippen molar-refractivity contribution in [2.45, 2.75) is 6.92 Å². The van der Waals surface area contributed by atoms with Gasteiger partial charge in [-0.25, -0.2) is 4.90 Å². The number of imide groups is 1. The lowest BCUT2D eigenvalue weighted by Crippen LogP contribution is -2.33. The SMILES string of the molecule is COc1ccccc1C1=C(Nc2ccccc2)C(=O)N(c2ccccc2C)C1=O. The van der Waals surface area contributed by atoms with Crippen LogP contribution in [0, 0.1) is 6.92 Å². The molecule has 144 valence electrons. The molecule has 0 atom stereocenters. The molecule has 0 saturated carbocycles. The third-order valence-corrected chi connectivity index (χ3v) is 4.86. The smallest absolute Gasteiger partial charge is 0.282 e. The Hall–Kier alpha value is -3.86. The van der Waals surface area contributed by atoms with Gasteiger partial charge in [0, 0.05) is 11.3 Å². The van der Waals surface area contributed by atoms with Crippen LogP contribution < -0.4 is 15.0 Å². The summed E-state index contributed by atoms with van der Waals surface area (Å²) < 4.78 is 5.46. The van der Waals surface area contributed by atoms with Gasteiger partial charge >= 0.3 is 0 Å². The van der Waals surface area contributed by atoms with E-state index in [0.29, 0.717) is 22.6 Å². The van der Waals surface area contributed by atoms with E-state index in [-0.39, 0.29) is 11.6 Å². The Morgan fingerprint density at radius 1 is 0.793 bits per heavy atom. The summed E-state index contributed by atoms with van der Waals surface area (Å²) in [5.41, 5.74) is 3.23. The number of aryl methyl sites for hydroxylation is 1. The molecule has 29 heavy (non-hydrogen) atoms. The zero-order chi connectivity index (χ0) is 20.4. The van der Waals surface area contributed by atoms with Gasteiger partial charge < -0.3 is 10.1 Å². The van der Waals surface area contributed by atoms with E-state index < -0.39 is 5.91 Å². The molecule has 4 rings (SSSR count). The maximum absolute atomic E-state index is 13.5. The zero-order valence-electron chi connectivity index (χ0n) is 16.2. The standard InChI is InChI=1S/C24H20N2O3/c1-16-10-6-8-14-19(16)26-23(27)21(18-13-7-9-15-20(18)29-2)22(24(26)28)25-17-11-4-3-5-12-17/h3-15,25H,1-2H3. The second-order valence-electron chi connectivity index (χ2n) is 6.67. The number of benzene rings is 3. The molecule has 1 heterocycles. The van der Waals surface area contributed by atoms with Crippen LogP contribution in [0.15, 0.2) is 84.6 Å². The highest BCUT2D eigenvalue weighted by Crippen LogP contribution is 2.38. The van der Waals surface area contributed by atoms with Crippen molar-refractivity contribution >= 4 is 28.8 Å². The van der Waals surface area contributed by atoms with Crippen molar-refractivity contribution in [1.82, 2.24) is 0 Å². The lowest BCUT2D eigenvalue weighted by atomic mass is 10.0. The molecule has 2 amide bonds. The minimum absolute atomic E-state index is 0.231. The normalized spacial score (nSPS) is 13.8. The van der Waals surface area contributed by atoms with E-state index in [1.54, 1.807) is 25.3 Å². The third-order valence-electron chi connectivity index (χ3n) is 4.86. The summed E-state index contributed by atoms with van der Waals surface area (Å²) >= 11 is 0. The van der Waals surface area contributed by atoms with Crippen LogP contribution in [0.5, 0.6) is 5.75 Å². The number of para-hydroxylation sites is 3. The Balaban J connectivity index is 1.89. The van der Waals surface area contributed by atoms with Crippen molar-refractivity contribution in [3.8, 4) is 5.75 Å². The largest absolute Gasteiger partial charge is 0.496 e. The van der Waals surface area contributed by atoms with Crippen LogP contribution in [0.1, 0.15) is 11.1 Å². The van der Waals surface area contributed by atoms with Crippen molar-refractivity contribution in [2.75, 3.05) is 17.3 Å². The molecule has 1 aliphatic heterocycles. The molecule has 1 aliphatic rings. The van der Waals surface area contributed by atoms with Gasteiger partial charge in [-0.1, -0.05) is 54.6 Å². The predicted octanol–water partition coefficient (Wildman–Crippen LogP) is 4.40. The summed E-state index contributed by atoms with van der Waals surface area (Å²) in [6.07, 6.45) is 0. The fraction of sp³-hybridized carbons (Fsp3) is 0.0833. The monoisotopic (exact) mass is 384 g/mol.